The minimum atomic E-state index is 0.146. The highest BCUT2D eigenvalue weighted by atomic mass is 79.9. The Balaban J connectivity index is 2.16. The number of aryl methyl sites for hydroxylation is 1. The van der Waals surface area contributed by atoms with E-state index in [1.165, 1.54) is 0 Å². The summed E-state index contributed by atoms with van der Waals surface area (Å²) >= 11 is 9.24. The molecule has 1 atom stereocenters. The first-order chi connectivity index (χ1) is 9.13. The number of halogens is 2. The minimum absolute atomic E-state index is 0.146. The molecule has 1 aliphatic rings. The van der Waals surface area contributed by atoms with Gasteiger partial charge >= 0.3 is 0 Å². The van der Waals surface area contributed by atoms with E-state index < -0.39 is 0 Å². The first-order valence-electron chi connectivity index (χ1n) is 6.76. The molecular weight excluding hydrogens is 326 g/mol. The molecule has 104 valence electrons. The highest BCUT2D eigenvalue weighted by Crippen LogP contribution is 2.27. The van der Waals surface area contributed by atoms with Gasteiger partial charge in [-0.05, 0) is 60.7 Å². The Bertz CT molecular complexity index is 463. The summed E-state index contributed by atoms with van der Waals surface area (Å²) in [6, 6.07) is 6.28. The van der Waals surface area contributed by atoms with Gasteiger partial charge in [-0.2, -0.15) is 0 Å². The molecule has 1 aliphatic heterocycles. The van der Waals surface area contributed by atoms with Gasteiger partial charge < -0.3 is 4.90 Å². The van der Waals surface area contributed by atoms with Crippen LogP contribution in [0, 0.1) is 6.92 Å². The molecule has 0 radical (unpaired) electrons. The van der Waals surface area contributed by atoms with E-state index in [0.29, 0.717) is 11.9 Å². The Kier molecular flexibility index (Phi) is 5.28. The Morgan fingerprint density at radius 1 is 1.53 bits per heavy atom. The quantitative estimate of drug-likeness (QED) is 0.742. The third-order valence-corrected chi connectivity index (χ3v) is 4.62. The number of hydrogen-bond donors (Lipinski definition) is 0. The predicted molar refractivity (Wildman–Crippen MR) is 82.9 cm³/mol. The number of likely N-dealkylation sites (tertiary alicyclic amines) is 1. The number of amides is 1. The van der Waals surface area contributed by atoms with Gasteiger partial charge in [-0.15, -0.1) is 11.6 Å². The van der Waals surface area contributed by atoms with Crippen LogP contribution in [-0.2, 0) is 0 Å². The number of carbonyl (C=O) groups is 1. The van der Waals surface area contributed by atoms with Gasteiger partial charge in [0.1, 0.15) is 0 Å². The van der Waals surface area contributed by atoms with Gasteiger partial charge in [-0.1, -0.05) is 11.6 Å². The second-order valence-corrected chi connectivity index (χ2v) is 6.34. The van der Waals surface area contributed by atoms with Crippen LogP contribution in [0.5, 0.6) is 0 Å². The highest BCUT2D eigenvalue weighted by Gasteiger charge is 2.29. The first-order valence-corrected chi connectivity index (χ1v) is 8.09. The van der Waals surface area contributed by atoms with E-state index in [2.05, 4.69) is 15.9 Å². The summed E-state index contributed by atoms with van der Waals surface area (Å²) in [6.07, 6.45) is 4.19. The van der Waals surface area contributed by atoms with Gasteiger partial charge in [-0.3, -0.25) is 4.79 Å². The van der Waals surface area contributed by atoms with Crippen LogP contribution in [0.1, 0.15) is 41.6 Å². The van der Waals surface area contributed by atoms with Crippen molar-refractivity contribution in [1.29, 1.82) is 0 Å². The number of nitrogens with zero attached hydrogens (tertiary/aromatic N) is 1. The lowest BCUT2D eigenvalue weighted by molar-refractivity contribution is 0.0729. The molecule has 19 heavy (non-hydrogen) atoms. The molecule has 0 aliphatic carbocycles. The summed E-state index contributed by atoms with van der Waals surface area (Å²) in [5.74, 6) is 0.819. The normalized spacial score (nSPS) is 18.9. The summed E-state index contributed by atoms with van der Waals surface area (Å²) < 4.78 is 0.881. The maximum Gasteiger partial charge on any atom is 0.255 e. The van der Waals surface area contributed by atoms with Crippen molar-refractivity contribution in [3.63, 3.8) is 0 Å². The highest BCUT2D eigenvalue weighted by molar-refractivity contribution is 9.10. The van der Waals surface area contributed by atoms with Crippen molar-refractivity contribution in [2.75, 3.05) is 12.4 Å². The Labute approximate surface area is 128 Å². The lowest BCUT2D eigenvalue weighted by Crippen LogP contribution is -2.35. The van der Waals surface area contributed by atoms with Crippen molar-refractivity contribution in [3.8, 4) is 0 Å². The molecule has 1 fully saturated rings. The molecule has 2 nitrogen and oxygen atoms in total. The average Bonchev–Trinajstić information content (AvgIpc) is 2.86. The van der Waals surface area contributed by atoms with Crippen LogP contribution >= 0.6 is 27.5 Å². The third-order valence-electron chi connectivity index (χ3n) is 3.66. The van der Waals surface area contributed by atoms with Gasteiger partial charge in [0.15, 0.2) is 0 Å². The first kappa shape index (κ1) is 14.9. The van der Waals surface area contributed by atoms with Crippen LogP contribution in [0.2, 0.25) is 0 Å². The Morgan fingerprint density at radius 3 is 3.05 bits per heavy atom. The smallest absolute Gasteiger partial charge is 0.255 e. The Hall–Kier alpha value is -0.540. The molecule has 0 aromatic heterocycles. The lowest BCUT2D eigenvalue weighted by atomic mass is 10.1. The number of benzene rings is 1. The van der Waals surface area contributed by atoms with Crippen LogP contribution in [0.15, 0.2) is 22.7 Å². The van der Waals surface area contributed by atoms with Crippen LogP contribution in [-0.4, -0.2) is 29.3 Å². The molecule has 0 saturated carbocycles. The molecule has 1 unspecified atom stereocenters. The zero-order valence-corrected chi connectivity index (χ0v) is 13.5. The predicted octanol–water partition coefficient (Wildman–Crippen LogP) is 4.38. The van der Waals surface area contributed by atoms with E-state index in [-0.39, 0.29) is 5.91 Å². The molecule has 1 heterocycles. The van der Waals surface area contributed by atoms with Crippen molar-refractivity contribution in [3.05, 3.63) is 33.8 Å². The van der Waals surface area contributed by atoms with E-state index in [9.17, 15) is 4.79 Å². The summed E-state index contributed by atoms with van der Waals surface area (Å²) in [4.78, 5) is 14.7. The van der Waals surface area contributed by atoms with Crippen molar-refractivity contribution in [2.45, 2.75) is 38.6 Å². The number of hydrogen-bond acceptors (Lipinski definition) is 1. The van der Waals surface area contributed by atoms with Crippen LogP contribution in [0.3, 0.4) is 0 Å². The van der Waals surface area contributed by atoms with E-state index >= 15 is 0 Å². The number of rotatable bonds is 4. The molecule has 2 rings (SSSR count). The molecular formula is C15H19BrClNO. The van der Waals surface area contributed by atoms with E-state index in [1.54, 1.807) is 0 Å². The lowest BCUT2D eigenvalue weighted by Gasteiger charge is -2.25. The van der Waals surface area contributed by atoms with Gasteiger partial charge in [0.25, 0.3) is 5.91 Å². The molecule has 1 aromatic rings. The maximum atomic E-state index is 12.7. The van der Waals surface area contributed by atoms with Gasteiger partial charge in [0.2, 0.25) is 0 Å². The van der Waals surface area contributed by atoms with Gasteiger partial charge in [0, 0.05) is 22.9 Å². The summed E-state index contributed by atoms with van der Waals surface area (Å²) in [6.45, 7) is 2.88. The number of carbonyl (C=O) groups excluding carboxylic acids is 1. The van der Waals surface area contributed by atoms with Crippen molar-refractivity contribution in [1.82, 2.24) is 4.90 Å². The molecule has 0 spiro atoms. The van der Waals surface area contributed by atoms with Crippen molar-refractivity contribution < 1.29 is 4.79 Å². The molecule has 4 heteroatoms. The molecule has 1 aromatic carbocycles. The largest absolute Gasteiger partial charge is 0.336 e. The SMILES string of the molecule is Cc1ccc(Br)c(C(=O)N2CCCC2CCCCl)c1. The van der Waals surface area contributed by atoms with E-state index in [0.717, 1.165) is 47.8 Å². The minimum Gasteiger partial charge on any atom is -0.336 e. The zero-order valence-electron chi connectivity index (χ0n) is 11.2. The Morgan fingerprint density at radius 2 is 2.32 bits per heavy atom. The molecule has 0 bridgehead atoms. The van der Waals surface area contributed by atoms with Crippen LogP contribution < -0.4 is 0 Å². The van der Waals surface area contributed by atoms with Gasteiger partial charge in [0.05, 0.1) is 5.56 Å². The summed E-state index contributed by atoms with van der Waals surface area (Å²) in [5.41, 5.74) is 1.89. The fourth-order valence-electron chi connectivity index (χ4n) is 2.67. The van der Waals surface area contributed by atoms with Crippen LogP contribution in [0.25, 0.3) is 0 Å². The summed E-state index contributed by atoms with van der Waals surface area (Å²) in [5, 5.41) is 0. The van der Waals surface area contributed by atoms with Crippen molar-refractivity contribution >= 4 is 33.4 Å². The standard InChI is InChI=1S/C15H19BrClNO/c1-11-6-7-14(16)13(10-11)15(19)18-9-3-5-12(18)4-2-8-17/h6-7,10,12H,2-5,8-9H2,1H3. The second-order valence-electron chi connectivity index (χ2n) is 5.11. The second kappa shape index (κ2) is 6.76. The average molecular weight is 345 g/mol. The third kappa shape index (κ3) is 3.51. The molecule has 1 saturated heterocycles. The van der Waals surface area contributed by atoms with Crippen molar-refractivity contribution in [2.24, 2.45) is 0 Å². The monoisotopic (exact) mass is 343 g/mol. The number of alkyl halides is 1. The van der Waals surface area contributed by atoms with E-state index in [1.807, 2.05) is 30.0 Å². The van der Waals surface area contributed by atoms with E-state index in [4.69, 9.17) is 11.6 Å². The summed E-state index contributed by atoms with van der Waals surface area (Å²) in [7, 11) is 0. The van der Waals surface area contributed by atoms with Crippen LogP contribution in [0.4, 0.5) is 0 Å². The maximum absolute atomic E-state index is 12.7. The zero-order chi connectivity index (χ0) is 13.8. The fourth-order valence-corrected chi connectivity index (χ4v) is 3.24. The fraction of sp³-hybridized carbons (Fsp3) is 0.533. The topological polar surface area (TPSA) is 20.3 Å². The molecule has 0 N–H and O–H groups in total. The van der Waals surface area contributed by atoms with Gasteiger partial charge in [-0.25, -0.2) is 0 Å². The molecule has 1 amide bonds.